The monoisotopic (exact) mass is 308 g/mol. The minimum absolute atomic E-state index is 0.196. The Labute approximate surface area is 129 Å². The molecule has 1 amide bonds. The average Bonchev–Trinajstić information content (AvgIpc) is 2.84. The zero-order valence-corrected chi connectivity index (χ0v) is 13.3. The minimum Gasteiger partial charge on any atom is -0.494 e. The second-order valence-electron chi connectivity index (χ2n) is 4.61. The van der Waals surface area contributed by atoms with Gasteiger partial charge in [-0.2, -0.15) is 0 Å². The largest absolute Gasteiger partial charge is 0.494 e. The average molecular weight is 308 g/mol. The van der Waals surface area contributed by atoms with E-state index in [2.05, 4.69) is 10.3 Å². The third-order valence-electron chi connectivity index (χ3n) is 2.78. The Kier molecular flexibility index (Phi) is 5.50. The van der Waals surface area contributed by atoms with E-state index in [-0.39, 0.29) is 11.9 Å². The maximum atomic E-state index is 12.3. The van der Waals surface area contributed by atoms with E-state index in [4.69, 9.17) is 9.47 Å². The van der Waals surface area contributed by atoms with Crippen molar-refractivity contribution in [2.24, 2.45) is 4.99 Å². The number of amides is 1. The van der Waals surface area contributed by atoms with Crippen LogP contribution in [0.15, 0.2) is 23.2 Å². The molecule has 21 heavy (non-hydrogen) atoms. The number of hydrogen-bond acceptors (Lipinski definition) is 5. The highest BCUT2D eigenvalue weighted by Gasteiger charge is 2.18. The molecule has 6 heteroatoms. The molecular formula is C15H20N2O3S. The van der Waals surface area contributed by atoms with Crippen molar-refractivity contribution in [2.45, 2.75) is 26.8 Å². The first-order chi connectivity index (χ1) is 10.1. The molecule has 0 aliphatic carbocycles. The van der Waals surface area contributed by atoms with Crippen molar-refractivity contribution in [1.82, 2.24) is 5.32 Å². The fourth-order valence-electron chi connectivity index (χ4n) is 1.91. The molecule has 1 aliphatic rings. The van der Waals surface area contributed by atoms with Crippen LogP contribution >= 0.6 is 11.8 Å². The van der Waals surface area contributed by atoms with E-state index >= 15 is 0 Å². The molecule has 1 aromatic carbocycles. The number of carbonyl (C=O) groups is 1. The van der Waals surface area contributed by atoms with Gasteiger partial charge in [0.1, 0.15) is 11.5 Å². The molecule has 1 aliphatic heterocycles. The fraction of sp³-hybridized carbons (Fsp3) is 0.467. The van der Waals surface area contributed by atoms with E-state index in [9.17, 15) is 4.79 Å². The molecule has 0 saturated carbocycles. The maximum absolute atomic E-state index is 12.3. The summed E-state index contributed by atoms with van der Waals surface area (Å²) < 4.78 is 11.0. The lowest BCUT2D eigenvalue weighted by Gasteiger charge is -2.10. The summed E-state index contributed by atoms with van der Waals surface area (Å²) in [4.78, 5) is 16.7. The lowest BCUT2D eigenvalue weighted by atomic mass is 10.2. The number of benzene rings is 1. The number of carbonyl (C=O) groups excluding carboxylic acids is 1. The van der Waals surface area contributed by atoms with Crippen LogP contribution in [-0.2, 0) is 0 Å². The highest BCUT2D eigenvalue weighted by molar-refractivity contribution is 8.14. The summed E-state index contributed by atoms with van der Waals surface area (Å²) in [6.45, 7) is 6.90. The van der Waals surface area contributed by atoms with Crippen molar-refractivity contribution < 1.29 is 14.3 Å². The van der Waals surface area contributed by atoms with Crippen LogP contribution in [0, 0.1) is 0 Å². The summed E-state index contributed by atoms with van der Waals surface area (Å²) in [5, 5.41) is 3.50. The minimum atomic E-state index is -0.196. The number of nitrogens with zero attached hydrogens (tertiary/aromatic N) is 1. The molecule has 0 radical (unpaired) electrons. The van der Waals surface area contributed by atoms with Crippen LogP contribution in [0.4, 0.5) is 0 Å². The predicted molar refractivity (Wildman–Crippen MR) is 85.6 cm³/mol. The first kappa shape index (κ1) is 15.7. The SMILES string of the molecule is CCOc1cc(OCC)cc(C(=O)NC2=NC(C)CS2)c1. The van der Waals surface area contributed by atoms with Gasteiger partial charge in [-0.15, -0.1) is 0 Å². The van der Waals surface area contributed by atoms with Gasteiger partial charge in [0.25, 0.3) is 5.91 Å². The van der Waals surface area contributed by atoms with E-state index in [0.717, 1.165) is 5.75 Å². The zero-order chi connectivity index (χ0) is 15.2. The van der Waals surface area contributed by atoms with Crippen LogP contribution < -0.4 is 14.8 Å². The maximum Gasteiger partial charge on any atom is 0.257 e. The van der Waals surface area contributed by atoms with E-state index < -0.39 is 0 Å². The van der Waals surface area contributed by atoms with Gasteiger partial charge in [0.15, 0.2) is 5.17 Å². The van der Waals surface area contributed by atoms with Gasteiger partial charge in [-0.25, -0.2) is 0 Å². The Bertz CT molecular complexity index is 521. The number of thioether (sulfide) groups is 1. The fourth-order valence-corrected chi connectivity index (χ4v) is 2.81. The third kappa shape index (κ3) is 4.39. The number of rotatable bonds is 5. The number of aliphatic imine (C=N–C) groups is 1. The van der Waals surface area contributed by atoms with Crippen LogP contribution in [0.1, 0.15) is 31.1 Å². The first-order valence-corrected chi connectivity index (χ1v) is 8.03. The molecule has 0 bridgehead atoms. The Morgan fingerprint density at radius 1 is 1.29 bits per heavy atom. The van der Waals surface area contributed by atoms with Crippen LogP contribution in [0.5, 0.6) is 11.5 Å². The first-order valence-electron chi connectivity index (χ1n) is 7.05. The van der Waals surface area contributed by atoms with E-state index in [1.165, 1.54) is 0 Å². The molecule has 2 rings (SSSR count). The molecular weight excluding hydrogens is 288 g/mol. The smallest absolute Gasteiger partial charge is 0.257 e. The Morgan fingerprint density at radius 3 is 2.38 bits per heavy atom. The highest BCUT2D eigenvalue weighted by Crippen LogP contribution is 2.24. The second-order valence-corrected chi connectivity index (χ2v) is 5.62. The third-order valence-corrected chi connectivity index (χ3v) is 3.91. The van der Waals surface area contributed by atoms with E-state index in [0.29, 0.717) is 35.4 Å². The van der Waals surface area contributed by atoms with Gasteiger partial charge in [0.05, 0.1) is 19.3 Å². The Balaban J connectivity index is 2.16. The normalized spacial score (nSPS) is 17.3. The molecule has 0 fully saturated rings. The molecule has 1 N–H and O–H groups in total. The van der Waals surface area contributed by atoms with E-state index in [1.54, 1.807) is 30.0 Å². The summed E-state index contributed by atoms with van der Waals surface area (Å²) >= 11 is 1.56. The van der Waals surface area contributed by atoms with Crippen molar-refractivity contribution in [1.29, 1.82) is 0 Å². The quantitative estimate of drug-likeness (QED) is 0.908. The van der Waals surface area contributed by atoms with Crippen LogP contribution in [-0.4, -0.2) is 36.1 Å². The molecule has 5 nitrogen and oxygen atoms in total. The van der Waals surface area contributed by atoms with Crippen molar-refractivity contribution in [3.63, 3.8) is 0 Å². The van der Waals surface area contributed by atoms with Crippen LogP contribution in [0.25, 0.3) is 0 Å². The summed E-state index contributed by atoms with van der Waals surface area (Å²) in [6, 6.07) is 5.46. The molecule has 1 unspecified atom stereocenters. The summed E-state index contributed by atoms with van der Waals surface area (Å²) in [5.74, 6) is 1.96. The molecule has 1 aromatic rings. The van der Waals surface area contributed by atoms with Gasteiger partial charge in [0.2, 0.25) is 0 Å². The molecule has 0 aromatic heterocycles. The molecule has 0 saturated heterocycles. The number of hydrogen-bond donors (Lipinski definition) is 1. The van der Waals surface area contributed by atoms with Crippen molar-refractivity contribution >= 4 is 22.8 Å². The summed E-state index contributed by atoms with van der Waals surface area (Å²) in [6.07, 6.45) is 0. The molecule has 0 spiro atoms. The van der Waals surface area contributed by atoms with Gasteiger partial charge < -0.3 is 14.8 Å². The van der Waals surface area contributed by atoms with Crippen molar-refractivity contribution in [3.05, 3.63) is 23.8 Å². The molecule has 1 heterocycles. The zero-order valence-electron chi connectivity index (χ0n) is 12.5. The van der Waals surface area contributed by atoms with Gasteiger partial charge >= 0.3 is 0 Å². The predicted octanol–water partition coefficient (Wildman–Crippen LogP) is 2.71. The van der Waals surface area contributed by atoms with E-state index in [1.807, 2.05) is 20.8 Å². The van der Waals surface area contributed by atoms with Gasteiger partial charge in [-0.05, 0) is 32.9 Å². The van der Waals surface area contributed by atoms with Gasteiger partial charge in [0, 0.05) is 17.4 Å². The standard InChI is InChI=1S/C15H20N2O3S/c1-4-19-12-6-11(7-13(8-12)20-5-2)14(18)17-15-16-10(3)9-21-15/h6-8,10H,4-5,9H2,1-3H3,(H,16,17,18). The molecule has 114 valence electrons. The number of nitrogens with one attached hydrogen (secondary N) is 1. The van der Waals surface area contributed by atoms with Gasteiger partial charge in [-0.3, -0.25) is 9.79 Å². The summed E-state index contributed by atoms with van der Waals surface area (Å²) in [5.41, 5.74) is 0.507. The van der Waals surface area contributed by atoms with Crippen LogP contribution in [0.2, 0.25) is 0 Å². The Hall–Kier alpha value is -1.69. The number of amidine groups is 1. The highest BCUT2D eigenvalue weighted by atomic mass is 32.2. The topological polar surface area (TPSA) is 59.9 Å². The number of ether oxygens (including phenoxy) is 2. The Morgan fingerprint density at radius 2 is 1.90 bits per heavy atom. The van der Waals surface area contributed by atoms with Crippen molar-refractivity contribution in [2.75, 3.05) is 19.0 Å². The van der Waals surface area contributed by atoms with Crippen molar-refractivity contribution in [3.8, 4) is 11.5 Å². The lowest BCUT2D eigenvalue weighted by Crippen LogP contribution is -2.27. The summed E-state index contributed by atoms with van der Waals surface area (Å²) in [7, 11) is 0. The van der Waals surface area contributed by atoms with Crippen LogP contribution in [0.3, 0.4) is 0 Å². The lowest BCUT2D eigenvalue weighted by molar-refractivity contribution is 0.0977. The second kappa shape index (κ2) is 7.36. The van der Waals surface area contributed by atoms with Gasteiger partial charge in [-0.1, -0.05) is 11.8 Å². The molecule has 1 atom stereocenters.